The second-order valence-corrected chi connectivity index (χ2v) is 7.40. The largest absolute Gasteiger partial charge is 0.437 e. The van der Waals surface area contributed by atoms with Crippen molar-refractivity contribution in [1.82, 2.24) is 19.9 Å². The van der Waals surface area contributed by atoms with Crippen LogP contribution >= 0.6 is 0 Å². The number of ether oxygens (including phenoxy) is 1. The van der Waals surface area contributed by atoms with Crippen LogP contribution in [0.25, 0.3) is 0 Å². The number of benzene rings is 1. The van der Waals surface area contributed by atoms with Gasteiger partial charge in [-0.25, -0.2) is 9.97 Å². The topological polar surface area (TPSA) is 81.4 Å². The van der Waals surface area contributed by atoms with E-state index in [4.69, 9.17) is 9.15 Å². The molecule has 1 saturated heterocycles. The number of amides is 1. The Morgan fingerprint density at radius 3 is 2.62 bits per heavy atom. The molecule has 3 aromatic rings. The number of nitrogens with zero attached hydrogens (tertiary/aromatic N) is 4. The number of aromatic nitrogens is 3. The first-order valence-electron chi connectivity index (χ1n) is 9.80. The first-order valence-corrected chi connectivity index (χ1v) is 9.80. The minimum Gasteiger partial charge on any atom is -0.437 e. The monoisotopic (exact) mass is 392 g/mol. The van der Waals surface area contributed by atoms with Crippen LogP contribution in [0.1, 0.15) is 52.2 Å². The van der Waals surface area contributed by atoms with Crippen LogP contribution in [-0.4, -0.2) is 38.8 Å². The van der Waals surface area contributed by atoms with Gasteiger partial charge in [-0.05, 0) is 38.8 Å². The van der Waals surface area contributed by atoms with Crippen LogP contribution in [0.4, 0.5) is 0 Å². The van der Waals surface area contributed by atoms with Gasteiger partial charge in [-0.2, -0.15) is 0 Å². The van der Waals surface area contributed by atoms with Crippen molar-refractivity contribution in [3.63, 3.8) is 0 Å². The Morgan fingerprint density at radius 1 is 1.14 bits per heavy atom. The molecule has 1 aliphatic heterocycles. The summed E-state index contributed by atoms with van der Waals surface area (Å²) < 4.78 is 11.5. The van der Waals surface area contributed by atoms with Gasteiger partial charge < -0.3 is 14.1 Å². The summed E-state index contributed by atoms with van der Waals surface area (Å²) in [4.78, 5) is 27.9. The Bertz CT molecular complexity index is 1010. The maximum Gasteiger partial charge on any atom is 0.291 e. The summed E-state index contributed by atoms with van der Waals surface area (Å²) in [6.07, 6.45) is 5.09. The zero-order chi connectivity index (χ0) is 20.4. The fourth-order valence-corrected chi connectivity index (χ4v) is 3.67. The van der Waals surface area contributed by atoms with Crippen LogP contribution < -0.4 is 4.74 Å². The normalized spacial score (nSPS) is 16.7. The summed E-state index contributed by atoms with van der Waals surface area (Å²) in [6.45, 7) is 6.80. The number of hydrogen-bond donors (Lipinski definition) is 0. The summed E-state index contributed by atoms with van der Waals surface area (Å²) in [7, 11) is 0. The lowest BCUT2D eigenvalue weighted by molar-refractivity contribution is 0.0670. The number of aryl methyl sites for hydroxylation is 3. The van der Waals surface area contributed by atoms with Crippen LogP contribution in [-0.2, 0) is 0 Å². The van der Waals surface area contributed by atoms with Gasteiger partial charge in [0.15, 0.2) is 5.89 Å². The van der Waals surface area contributed by atoms with E-state index in [1.54, 1.807) is 26.2 Å². The van der Waals surface area contributed by atoms with Gasteiger partial charge >= 0.3 is 0 Å². The molecule has 0 saturated carbocycles. The molecule has 0 N–H and O–H groups in total. The fraction of sp³-hybridized carbons (Fsp3) is 0.364. The highest BCUT2D eigenvalue weighted by Crippen LogP contribution is 2.33. The van der Waals surface area contributed by atoms with Crippen molar-refractivity contribution in [1.29, 1.82) is 0 Å². The molecule has 4 rings (SSSR count). The molecule has 29 heavy (non-hydrogen) atoms. The quantitative estimate of drug-likeness (QED) is 0.662. The Labute approximate surface area is 169 Å². The Kier molecular flexibility index (Phi) is 5.29. The minimum absolute atomic E-state index is 0.0474. The summed E-state index contributed by atoms with van der Waals surface area (Å²) >= 11 is 0. The molecule has 0 radical (unpaired) electrons. The third-order valence-corrected chi connectivity index (χ3v) is 5.12. The number of rotatable bonds is 4. The van der Waals surface area contributed by atoms with Gasteiger partial charge in [0.05, 0.1) is 5.69 Å². The van der Waals surface area contributed by atoms with Crippen LogP contribution in [0.3, 0.4) is 0 Å². The van der Waals surface area contributed by atoms with Gasteiger partial charge in [0, 0.05) is 38.3 Å². The average Bonchev–Trinajstić information content (AvgIpc) is 3.07. The molecule has 1 atom stereocenters. The van der Waals surface area contributed by atoms with Gasteiger partial charge in [0.25, 0.3) is 5.91 Å². The molecule has 1 aliphatic rings. The molecule has 3 heterocycles. The van der Waals surface area contributed by atoms with Crippen LogP contribution in [0.5, 0.6) is 11.6 Å². The molecule has 1 aromatic carbocycles. The van der Waals surface area contributed by atoms with E-state index >= 15 is 0 Å². The van der Waals surface area contributed by atoms with Crippen molar-refractivity contribution >= 4 is 5.91 Å². The van der Waals surface area contributed by atoms with Crippen molar-refractivity contribution in [2.24, 2.45) is 0 Å². The Morgan fingerprint density at radius 2 is 1.90 bits per heavy atom. The predicted octanol–water partition coefficient (Wildman–Crippen LogP) is 4.20. The lowest BCUT2D eigenvalue weighted by atomic mass is 9.94. The van der Waals surface area contributed by atoms with Crippen molar-refractivity contribution < 1.29 is 13.9 Å². The maximum absolute atomic E-state index is 12.9. The summed E-state index contributed by atoms with van der Waals surface area (Å²) in [6, 6.07) is 7.82. The van der Waals surface area contributed by atoms with Gasteiger partial charge in [0.2, 0.25) is 11.6 Å². The minimum atomic E-state index is -0.127. The van der Waals surface area contributed by atoms with Gasteiger partial charge in [0.1, 0.15) is 11.4 Å². The lowest BCUT2D eigenvalue weighted by Crippen LogP contribution is -2.39. The van der Waals surface area contributed by atoms with Gasteiger partial charge in [-0.1, -0.05) is 17.7 Å². The molecule has 0 bridgehead atoms. The van der Waals surface area contributed by atoms with Gasteiger partial charge in [-0.3, -0.25) is 9.78 Å². The van der Waals surface area contributed by atoms with E-state index in [9.17, 15) is 4.79 Å². The van der Waals surface area contributed by atoms with Gasteiger partial charge in [-0.15, -0.1) is 0 Å². The van der Waals surface area contributed by atoms with Crippen LogP contribution in [0.2, 0.25) is 0 Å². The van der Waals surface area contributed by atoms with Crippen molar-refractivity contribution in [3.8, 4) is 11.6 Å². The van der Waals surface area contributed by atoms with E-state index in [1.807, 2.05) is 36.1 Å². The molecule has 7 heteroatoms. The fourth-order valence-electron chi connectivity index (χ4n) is 3.67. The first kappa shape index (κ1) is 19.1. The van der Waals surface area contributed by atoms with E-state index in [1.165, 1.54) is 0 Å². The molecule has 0 spiro atoms. The van der Waals surface area contributed by atoms with Crippen LogP contribution in [0, 0.1) is 20.8 Å². The lowest BCUT2D eigenvalue weighted by Gasteiger charge is -2.32. The second-order valence-electron chi connectivity index (χ2n) is 7.40. The molecule has 2 aromatic heterocycles. The maximum atomic E-state index is 12.9. The Balaban J connectivity index is 1.55. The molecule has 0 aliphatic carbocycles. The number of likely N-dealkylation sites (tertiary alicyclic amines) is 1. The SMILES string of the molecule is Cc1ccc(Oc2nccnc2[C@@H]2CCCN(C(=O)c3oc(C)nc3C)C2)cc1. The summed E-state index contributed by atoms with van der Waals surface area (Å²) in [5, 5.41) is 0. The number of carbonyl (C=O) groups excluding carboxylic acids is 1. The van der Waals surface area contributed by atoms with E-state index in [-0.39, 0.29) is 11.8 Å². The summed E-state index contributed by atoms with van der Waals surface area (Å²) in [5.74, 6) is 1.95. The van der Waals surface area contributed by atoms with Crippen molar-refractivity contribution in [2.75, 3.05) is 13.1 Å². The number of carbonyl (C=O) groups is 1. The van der Waals surface area contributed by atoms with E-state index in [0.29, 0.717) is 42.1 Å². The number of piperidine rings is 1. The first-order chi connectivity index (χ1) is 14.0. The third kappa shape index (κ3) is 4.13. The molecular formula is C22H24N4O3. The zero-order valence-corrected chi connectivity index (χ0v) is 16.9. The van der Waals surface area contributed by atoms with E-state index < -0.39 is 0 Å². The number of hydrogen-bond acceptors (Lipinski definition) is 6. The Hall–Kier alpha value is -3.22. The highest BCUT2D eigenvalue weighted by molar-refractivity contribution is 5.92. The highest BCUT2D eigenvalue weighted by Gasteiger charge is 2.31. The number of oxazole rings is 1. The molecule has 7 nitrogen and oxygen atoms in total. The second kappa shape index (κ2) is 8.03. The van der Waals surface area contributed by atoms with E-state index in [2.05, 4.69) is 15.0 Å². The average molecular weight is 392 g/mol. The van der Waals surface area contributed by atoms with E-state index in [0.717, 1.165) is 24.1 Å². The smallest absolute Gasteiger partial charge is 0.291 e. The third-order valence-electron chi connectivity index (χ3n) is 5.12. The zero-order valence-electron chi connectivity index (χ0n) is 16.9. The molecule has 150 valence electrons. The van der Waals surface area contributed by atoms with Crippen molar-refractivity contribution in [2.45, 2.75) is 39.5 Å². The highest BCUT2D eigenvalue weighted by atomic mass is 16.5. The molecule has 1 fully saturated rings. The molecular weight excluding hydrogens is 368 g/mol. The standard InChI is InChI=1S/C22H24N4O3/c1-14-6-8-18(9-7-14)29-21-19(23-10-11-24-21)17-5-4-12-26(13-17)22(27)20-15(2)25-16(3)28-20/h6-11,17H,4-5,12-13H2,1-3H3/t17-/m1/s1. The van der Waals surface area contributed by atoms with Crippen LogP contribution in [0.15, 0.2) is 41.1 Å². The predicted molar refractivity (Wildman–Crippen MR) is 107 cm³/mol. The molecule has 0 unspecified atom stereocenters. The summed E-state index contributed by atoms with van der Waals surface area (Å²) in [5.41, 5.74) is 2.56. The molecule has 1 amide bonds. The van der Waals surface area contributed by atoms with Crippen molar-refractivity contribution in [3.05, 3.63) is 65.3 Å².